The van der Waals surface area contributed by atoms with Crippen LogP contribution in [0.4, 0.5) is 0 Å². The lowest BCUT2D eigenvalue weighted by Crippen LogP contribution is -2.34. The van der Waals surface area contributed by atoms with Crippen LogP contribution in [0.2, 0.25) is 5.02 Å². The lowest BCUT2D eigenvalue weighted by molar-refractivity contribution is -0.132. The van der Waals surface area contributed by atoms with Gasteiger partial charge in [0.05, 0.1) is 29.1 Å². The number of fused-ring (bicyclic) bond motifs is 1. The Morgan fingerprint density at radius 2 is 2.24 bits per heavy atom. The first-order valence-corrected chi connectivity index (χ1v) is 8.83. The summed E-state index contributed by atoms with van der Waals surface area (Å²) in [5.74, 6) is 0.933. The van der Waals surface area contributed by atoms with E-state index in [4.69, 9.17) is 11.6 Å². The summed E-state index contributed by atoms with van der Waals surface area (Å²) in [4.78, 5) is 27.0. The Morgan fingerprint density at radius 1 is 1.40 bits per heavy atom. The average Bonchev–Trinajstić information content (AvgIpc) is 3.28. The van der Waals surface area contributed by atoms with Gasteiger partial charge in [-0.2, -0.15) is 0 Å². The Bertz CT molecular complexity index is 944. The number of amides is 1. The minimum Gasteiger partial charge on any atom is -0.340 e. The highest BCUT2D eigenvalue weighted by Gasteiger charge is 2.32. The Labute approximate surface area is 150 Å². The maximum atomic E-state index is 12.8. The second kappa shape index (κ2) is 6.19. The van der Waals surface area contributed by atoms with Crippen LogP contribution < -0.4 is 0 Å². The third kappa shape index (κ3) is 2.91. The van der Waals surface area contributed by atoms with E-state index in [1.807, 2.05) is 41.5 Å². The molecular weight excluding hydrogens is 338 g/mol. The molecule has 0 aliphatic carbocycles. The fraction of sp³-hybridized carbons (Fsp3) is 0.389. The number of benzene rings is 1. The predicted molar refractivity (Wildman–Crippen MR) is 96.5 cm³/mol. The van der Waals surface area contributed by atoms with Crippen molar-refractivity contribution in [2.45, 2.75) is 39.3 Å². The Hall–Kier alpha value is -2.34. The molecule has 3 heterocycles. The molecule has 7 heteroatoms. The van der Waals surface area contributed by atoms with E-state index in [9.17, 15) is 4.79 Å². The van der Waals surface area contributed by atoms with Crippen LogP contribution in [-0.4, -0.2) is 36.9 Å². The molecule has 0 saturated carbocycles. The van der Waals surface area contributed by atoms with Crippen LogP contribution in [0, 0.1) is 13.8 Å². The van der Waals surface area contributed by atoms with Gasteiger partial charge < -0.3 is 14.5 Å². The smallest absolute Gasteiger partial charge is 0.243 e. The van der Waals surface area contributed by atoms with Gasteiger partial charge in [-0.25, -0.2) is 9.97 Å². The molecule has 1 atom stereocenters. The number of aromatic nitrogens is 4. The van der Waals surface area contributed by atoms with Crippen LogP contribution in [0.5, 0.6) is 0 Å². The molecule has 130 valence electrons. The first kappa shape index (κ1) is 16.1. The van der Waals surface area contributed by atoms with E-state index in [0.29, 0.717) is 11.6 Å². The van der Waals surface area contributed by atoms with Crippen LogP contribution in [0.15, 0.2) is 24.5 Å². The Balaban J connectivity index is 1.58. The number of carbonyl (C=O) groups excluding carboxylic acids is 1. The van der Waals surface area contributed by atoms with Gasteiger partial charge >= 0.3 is 0 Å². The average molecular weight is 358 g/mol. The zero-order valence-electron chi connectivity index (χ0n) is 14.3. The largest absolute Gasteiger partial charge is 0.340 e. The summed E-state index contributed by atoms with van der Waals surface area (Å²) >= 11 is 6.05. The molecule has 0 radical (unpaired) electrons. The lowest BCUT2D eigenvalue weighted by atomic mass is 10.2. The quantitative estimate of drug-likeness (QED) is 0.781. The number of likely N-dealkylation sites (tertiary alicyclic amines) is 1. The third-order valence-corrected chi connectivity index (χ3v) is 5.24. The summed E-state index contributed by atoms with van der Waals surface area (Å²) in [7, 11) is 0. The zero-order chi connectivity index (χ0) is 17.6. The molecular formula is C18H20ClN5O. The summed E-state index contributed by atoms with van der Waals surface area (Å²) in [5, 5.41) is 0.674. The summed E-state index contributed by atoms with van der Waals surface area (Å²) in [6.07, 6.45) is 3.63. The van der Waals surface area contributed by atoms with E-state index < -0.39 is 0 Å². The highest BCUT2D eigenvalue weighted by atomic mass is 35.5. The van der Waals surface area contributed by atoms with E-state index in [-0.39, 0.29) is 11.9 Å². The topological polar surface area (TPSA) is 66.8 Å². The number of hydrogen-bond donors (Lipinski definition) is 1. The number of H-pyrrole nitrogens is 1. The van der Waals surface area contributed by atoms with Crippen molar-refractivity contribution in [3.05, 3.63) is 46.8 Å². The van der Waals surface area contributed by atoms with Crippen molar-refractivity contribution in [2.75, 3.05) is 6.54 Å². The van der Waals surface area contributed by atoms with Crippen molar-refractivity contribution >= 4 is 28.5 Å². The Kier molecular flexibility index (Phi) is 4.00. The molecule has 4 rings (SSSR count). The highest BCUT2D eigenvalue weighted by molar-refractivity contribution is 6.31. The van der Waals surface area contributed by atoms with Crippen molar-refractivity contribution in [3.8, 4) is 0 Å². The minimum absolute atomic E-state index is 0.0106. The van der Waals surface area contributed by atoms with Gasteiger partial charge in [0.15, 0.2) is 0 Å². The van der Waals surface area contributed by atoms with Gasteiger partial charge in [-0.15, -0.1) is 0 Å². The molecule has 1 aliphatic heterocycles. The maximum absolute atomic E-state index is 12.8. The lowest BCUT2D eigenvalue weighted by Gasteiger charge is -2.23. The van der Waals surface area contributed by atoms with Crippen LogP contribution in [-0.2, 0) is 11.3 Å². The van der Waals surface area contributed by atoms with Crippen LogP contribution in [0.25, 0.3) is 11.0 Å². The molecule has 25 heavy (non-hydrogen) atoms. The summed E-state index contributed by atoms with van der Waals surface area (Å²) in [6, 6.07) is 5.59. The van der Waals surface area contributed by atoms with Crippen molar-refractivity contribution in [3.63, 3.8) is 0 Å². The molecule has 0 spiro atoms. The fourth-order valence-electron chi connectivity index (χ4n) is 3.45. The summed E-state index contributed by atoms with van der Waals surface area (Å²) in [6.45, 7) is 5.01. The van der Waals surface area contributed by atoms with E-state index in [2.05, 4.69) is 15.0 Å². The Morgan fingerprint density at radius 3 is 3.00 bits per heavy atom. The molecule has 3 aromatic rings. The number of carbonyl (C=O) groups is 1. The zero-order valence-corrected chi connectivity index (χ0v) is 15.0. The number of halogens is 1. The summed E-state index contributed by atoms with van der Waals surface area (Å²) in [5.41, 5.74) is 3.77. The molecule has 2 aromatic heterocycles. The molecule has 0 unspecified atom stereocenters. The standard InChI is InChI=1S/C18H20ClN5O/c1-11-12(2)23(10-20-11)9-17(25)24-7-3-4-16(24)18-21-14-6-5-13(19)8-15(14)22-18/h5-6,8,10,16H,3-4,7,9H2,1-2H3,(H,21,22)/t16-/m0/s1. The molecule has 1 amide bonds. The highest BCUT2D eigenvalue weighted by Crippen LogP contribution is 2.32. The number of imidazole rings is 2. The number of rotatable bonds is 3. The second-order valence-electron chi connectivity index (χ2n) is 6.57. The molecule has 6 nitrogen and oxygen atoms in total. The molecule has 0 bridgehead atoms. The van der Waals surface area contributed by atoms with Gasteiger partial charge in [0.1, 0.15) is 12.4 Å². The minimum atomic E-state index is -0.0106. The van der Waals surface area contributed by atoms with E-state index in [1.165, 1.54) is 0 Å². The summed E-state index contributed by atoms with van der Waals surface area (Å²) < 4.78 is 1.91. The number of aromatic amines is 1. The number of aryl methyl sites for hydroxylation is 1. The molecule has 1 aromatic carbocycles. The predicted octanol–water partition coefficient (Wildman–Crippen LogP) is 3.39. The third-order valence-electron chi connectivity index (χ3n) is 5.00. The first-order valence-electron chi connectivity index (χ1n) is 8.46. The number of nitrogens with zero attached hydrogens (tertiary/aromatic N) is 4. The van der Waals surface area contributed by atoms with Gasteiger partial charge in [0.2, 0.25) is 5.91 Å². The van der Waals surface area contributed by atoms with Crippen molar-refractivity contribution in [2.24, 2.45) is 0 Å². The van der Waals surface area contributed by atoms with E-state index in [0.717, 1.165) is 47.6 Å². The van der Waals surface area contributed by atoms with Crippen molar-refractivity contribution in [1.82, 2.24) is 24.4 Å². The number of hydrogen-bond acceptors (Lipinski definition) is 3. The van der Waals surface area contributed by atoms with Crippen molar-refractivity contribution in [1.29, 1.82) is 0 Å². The molecule has 1 fully saturated rings. The van der Waals surface area contributed by atoms with Gasteiger partial charge in [-0.3, -0.25) is 4.79 Å². The SMILES string of the molecule is Cc1ncn(CC(=O)N2CCC[C@H]2c2nc3ccc(Cl)cc3[nH]2)c1C. The van der Waals surface area contributed by atoms with Gasteiger partial charge in [0.25, 0.3) is 0 Å². The van der Waals surface area contributed by atoms with Crippen LogP contribution in [0.3, 0.4) is 0 Å². The monoisotopic (exact) mass is 357 g/mol. The van der Waals surface area contributed by atoms with Gasteiger partial charge in [-0.05, 0) is 44.9 Å². The van der Waals surface area contributed by atoms with Gasteiger partial charge in [0, 0.05) is 17.3 Å². The van der Waals surface area contributed by atoms with Crippen LogP contribution in [0.1, 0.15) is 36.1 Å². The van der Waals surface area contributed by atoms with Crippen LogP contribution >= 0.6 is 11.6 Å². The second-order valence-corrected chi connectivity index (χ2v) is 7.01. The maximum Gasteiger partial charge on any atom is 0.243 e. The molecule has 1 N–H and O–H groups in total. The molecule has 1 saturated heterocycles. The van der Waals surface area contributed by atoms with Gasteiger partial charge in [-0.1, -0.05) is 11.6 Å². The van der Waals surface area contributed by atoms with Crippen molar-refractivity contribution < 1.29 is 4.79 Å². The molecule has 1 aliphatic rings. The fourth-order valence-corrected chi connectivity index (χ4v) is 3.62. The first-order chi connectivity index (χ1) is 12.0. The van der Waals surface area contributed by atoms with E-state index in [1.54, 1.807) is 6.33 Å². The van der Waals surface area contributed by atoms with E-state index >= 15 is 0 Å². The number of nitrogens with one attached hydrogen (secondary N) is 1. The normalized spacial score (nSPS) is 17.6.